The number of benzene rings is 2. The molecule has 0 bridgehead atoms. The number of rotatable bonds is 3. The maximum atomic E-state index is 13.6. The summed E-state index contributed by atoms with van der Waals surface area (Å²) in [6, 6.07) is 13.3. The van der Waals surface area contributed by atoms with Crippen LogP contribution in [0, 0.1) is 11.7 Å². The molecule has 2 nitrogen and oxygen atoms in total. The van der Waals surface area contributed by atoms with E-state index in [1.165, 1.54) is 17.2 Å². The van der Waals surface area contributed by atoms with Crippen molar-refractivity contribution >= 4 is 5.91 Å². The molecule has 1 aliphatic carbocycles. The van der Waals surface area contributed by atoms with Crippen LogP contribution in [0.4, 0.5) is 4.39 Å². The molecule has 0 radical (unpaired) electrons. The Kier molecular flexibility index (Phi) is 3.97. The third kappa shape index (κ3) is 2.76. The zero-order valence-electron chi connectivity index (χ0n) is 12.7. The molecule has 3 rings (SSSR count). The second kappa shape index (κ2) is 5.91. The van der Waals surface area contributed by atoms with Gasteiger partial charge in [0, 0.05) is 11.8 Å². The molecular formula is C19H20FNO. The number of carbonyl (C=O) groups is 1. The Morgan fingerprint density at radius 3 is 2.64 bits per heavy atom. The van der Waals surface area contributed by atoms with E-state index in [0.29, 0.717) is 6.42 Å². The summed E-state index contributed by atoms with van der Waals surface area (Å²) in [5, 5.41) is 0. The number of aryl methyl sites for hydroxylation is 2. The lowest BCUT2D eigenvalue weighted by atomic mass is 9.82. The number of hydrogen-bond donors (Lipinski definition) is 1. The molecule has 2 aromatic carbocycles. The van der Waals surface area contributed by atoms with Crippen LogP contribution in [0.3, 0.4) is 0 Å². The fraction of sp³-hybridized carbons (Fsp3) is 0.316. The van der Waals surface area contributed by atoms with Crippen LogP contribution >= 0.6 is 0 Å². The Balaban J connectivity index is 2.10. The van der Waals surface area contributed by atoms with Crippen molar-refractivity contribution in [3.63, 3.8) is 0 Å². The van der Waals surface area contributed by atoms with Gasteiger partial charge >= 0.3 is 0 Å². The highest BCUT2D eigenvalue weighted by molar-refractivity contribution is 5.76. The van der Waals surface area contributed by atoms with Crippen molar-refractivity contribution in [3.8, 4) is 0 Å². The lowest BCUT2D eigenvalue weighted by Crippen LogP contribution is -2.23. The van der Waals surface area contributed by atoms with Crippen LogP contribution in [0.1, 0.15) is 41.5 Å². The van der Waals surface area contributed by atoms with Crippen LogP contribution in [-0.2, 0) is 17.6 Å². The average molecular weight is 297 g/mol. The van der Waals surface area contributed by atoms with Gasteiger partial charge in [0.1, 0.15) is 5.82 Å². The first-order valence-corrected chi connectivity index (χ1v) is 7.71. The molecule has 1 aliphatic rings. The van der Waals surface area contributed by atoms with Gasteiger partial charge in [-0.15, -0.1) is 0 Å². The maximum Gasteiger partial charge on any atom is 0.220 e. The van der Waals surface area contributed by atoms with Crippen LogP contribution < -0.4 is 5.73 Å². The average Bonchev–Trinajstić information content (AvgIpc) is 2.65. The van der Waals surface area contributed by atoms with Crippen molar-refractivity contribution in [1.29, 1.82) is 0 Å². The molecule has 2 aromatic rings. The Hall–Kier alpha value is -2.16. The zero-order valence-corrected chi connectivity index (χ0v) is 12.7. The number of amides is 1. The molecule has 2 N–H and O–H groups in total. The summed E-state index contributed by atoms with van der Waals surface area (Å²) in [5.74, 6) is -0.609. The van der Waals surface area contributed by atoms with Gasteiger partial charge < -0.3 is 5.73 Å². The largest absolute Gasteiger partial charge is 0.369 e. The maximum absolute atomic E-state index is 13.6. The zero-order chi connectivity index (χ0) is 15.7. The fourth-order valence-electron chi connectivity index (χ4n) is 3.39. The monoisotopic (exact) mass is 297 g/mol. The number of primary amides is 1. The molecular weight excluding hydrogens is 277 g/mol. The van der Waals surface area contributed by atoms with E-state index in [9.17, 15) is 9.18 Å². The van der Waals surface area contributed by atoms with Crippen molar-refractivity contribution in [3.05, 3.63) is 70.5 Å². The van der Waals surface area contributed by atoms with E-state index in [4.69, 9.17) is 5.73 Å². The highest BCUT2D eigenvalue weighted by Gasteiger charge is 2.26. The number of nitrogens with two attached hydrogens (primary N) is 1. The summed E-state index contributed by atoms with van der Waals surface area (Å²) in [7, 11) is 0. The molecule has 0 heterocycles. The van der Waals surface area contributed by atoms with E-state index in [2.05, 4.69) is 12.1 Å². The summed E-state index contributed by atoms with van der Waals surface area (Å²) in [6.45, 7) is 1.86. The second-order valence-corrected chi connectivity index (χ2v) is 6.13. The summed E-state index contributed by atoms with van der Waals surface area (Å²) >= 11 is 0. The van der Waals surface area contributed by atoms with E-state index in [-0.39, 0.29) is 23.6 Å². The molecule has 0 saturated carbocycles. The summed E-state index contributed by atoms with van der Waals surface area (Å²) in [4.78, 5) is 11.5. The molecule has 114 valence electrons. The Morgan fingerprint density at radius 2 is 1.86 bits per heavy atom. The number of hydrogen-bond acceptors (Lipinski definition) is 1. The van der Waals surface area contributed by atoms with E-state index in [1.807, 2.05) is 25.1 Å². The molecule has 0 saturated heterocycles. The molecule has 2 unspecified atom stereocenters. The molecule has 0 aliphatic heterocycles. The Morgan fingerprint density at radius 1 is 1.18 bits per heavy atom. The van der Waals surface area contributed by atoms with Crippen LogP contribution in [0.25, 0.3) is 0 Å². The molecule has 2 atom stereocenters. The SMILES string of the molecule is CC(CC1c2ccccc2CCc2cc(F)ccc21)C(N)=O. The predicted molar refractivity (Wildman–Crippen MR) is 85.1 cm³/mol. The standard InChI is InChI=1S/C19H20FNO/c1-12(19(21)22)10-18-16-5-3-2-4-13(16)6-7-14-11-15(20)8-9-17(14)18/h2-5,8-9,11-12,18H,6-7,10H2,1H3,(H2,21,22). The van der Waals surface area contributed by atoms with Crippen LogP contribution in [-0.4, -0.2) is 5.91 Å². The third-order valence-corrected chi connectivity index (χ3v) is 4.65. The van der Waals surface area contributed by atoms with Gasteiger partial charge in [-0.2, -0.15) is 0 Å². The summed E-state index contributed by atoms with van der Waals surface area (Å²) < 4.78 is 13.6. The van der Waals surface area contributed by atoms with E-state index in [0.717, 1.165) is 24.0 Å². The van der Waals surface area contributed by atoms with Crippen molar-refractivity contribution in [2.75, 3.05) is 0 Å². The lowest BCUT2D eigenvalue weighted by molar-refractivity contribution is -0.121. The predicted octanol–water partition coefficient (Wildman–Crippen LogP) is 3.57. The van der Waals surface area contributed by atoms with Gasteiger partial charge in [0.2, 0.25) is 5.91 Å². The summed E-state index contributed by atoms with van der Waals surface area (Å²) in [5.41, 5.74) is 10.1. The normalized spacial score (nSPS) is 18.0. The van der Waals surface area contributed by atoms with Crippen LogP contribution in [0.2, 0.25) is 0 Å². The van der Waals surface area contributed by atoms with Gasteiger partial charge in [-0.25, -0.2) is 4.39 Å². The Bertz CT molecular complexity index is 710. The van der Waals surface area contributed by atoms with Gasteiger partial charge in [0.05, 0.1) is 0 Å². The van der Waals surface area contributed by atoms with Crippen LogP contribution in [0.15, 0.2) is 42.5 Å². The number of fused-ring (bicyclic) bond motifs is 2. The third-order valence-electron chi connectivity index (χ3n) is 4.65. The van der Waals surface area contributed by atoms with Gasteiger partial charge in [-0.3, -0.25) is 4.79 Å². The minimum absolute atomic E-state index is 0.0943. The lowest BCUT2D eigenvalue weighted by Gasteiger charge is -2.22. The van der Waals surface area contributed by atoms with E-state index < -0.39 is 0 Å². The smallest absolute Gasteiger partial charge is 0.220 e. The molecule has 0 spiro atoms. The topological polar surface area (TPSA) is 43.1 Å². The molecule has 1 amide bonds. The first kappa shape index (κ1) is 14.8. The highest BCUT2D eigenvalue weighted by Crippen LogP contribution is 2.38. The number of halogens is 1. The van der Waals surface area contributed by atoms with Crippen molar-refractivity contribution in [1.82, 2.24) is 0 Å². The van der Waals surface area contributed by atoms with Crippen molar-refractivity contribution in [2.45, 2.75) is 32.1 Å². The highest BCUT2D eigenvalue weighted by atomic mass is 19.1. The molecule has 0 fully saturated rings. The molecule has 3 heteroatoms. The van der Waals surface area contributed by atoms with Gasteiger partial charge in [-0.1, -0.05) is 37.3 Å². The Labute approximate surface area is 130 Å². The minimum atomic E-state index is -0.287. The van der Waals surface area contributed by atoms with E-state index in [1.54, 1.807) is 6.07 Å². The van der Waals surface area contributed by atoms with Crippen molar-refractivity contribution in [2.24, 2.45) is 11.7 Å². The van der Waals surface area contributed by atoms with Crippen molar-refractivity contribution < 1.29 is 9.18 Å². The van der Waals surface area contributed by atoms with E-state index >= 15 is 0 Å². The van der Waals surface area contributed by atoms with Gasteiger partial charge in [-0.05, 0) is 53.6 Å². The summed E-state index contributed by atoms with van der Waals surface area (Å²) in [6.07, 6.45) is 2.38. The number of carbonyl (C=O) groups excluding carboxylic acids is 1. The molecule has 22 heavy (non-hydrogen) atoms. The fourth-order valence-corrected chi connectivity index (χ4v) is 3.39. The first-order valence-electron chi connectivity index (χ1n) is 7.71. The minimum Gasteiger partial charge on any atom is -0.369 e. The van der Waals surface area contributed by atoms with Gasteiger partial charge in [0.15, 0.2) is 0 Å². The first-order chi connectivity index (χ1) is 10.6. The second-order valence-electron chi connectivity index (χ2n) is 6.13. The molecule has 0 aromatic heterocycles. The van der Waals surface area contributed by atoms with Gasteiger partial charge in [0.25, 0.3) is 0 Å². The van der Waals surface area contributed by atoms with Crippen LogP contribution in [0.5, 0.6) is 0 Å². The quantitative estimate of drug-likeness (QED) is 0.924.